The van der Waals surface area contributed by atoms with E-state index in [9.17, 15) is 14.4 Å². The highest BCUT2D eigenvalue weighted by Crippen LogP contribution is 2.34. The van der Waals surface area contributed by atoms with Crippen LogP contribution in [0.4, 0.5) is 4.79 Å². The number of rotatable bonds is 6. The largest absolute Gasteiger partial charge is 0.463 e. The first-order valence-electron chi connectivity index (χ1n) is 14.1. The monoisotopic (exact) mass is 524 g/mol. The fourth-order valence-electron chi connectivity index (χ4n) is 5.95. The SMILES string of the molecule is CCOC(=O)C1=C(CN2CCN(C(=O)C3CCCC3)[C@H](C)C2)N(C)C(=O)N[C@@H]1c1ccc(C(C)(C)C)cc1. The fraction of sp³-hybridized carbons (Fsp3) is 0.633. The fourth-order valence-corrected chi connectivity index (χ4v) is 5.95. The molecule has 2 atom stereocenters. The Morgan fingerprint density at radius 2 is 1.74 bits per heavy atom. The summed E-state index contributed by atoms with van der Waals surface area (Å²) in [6.45, 7) is 13.1. The molecule has 0 spiro atoms. The topological polar surface area (TPSA) is 82.2 Å². The van der Waals surface area contributed by atoms with E-state index in [4.69, 9.17) is 4.74 Å². The number of hydrogen-bond donors (Lipinski definition) is 1. The predicted octanol–water partition coefficient (Wildman–Crippen LogP) is 4.22. The van der Waals surface area contributed by atoms with Gasteiger partial charge in [0, 0.05) is 50.9 Å². The van der Waals surface area contributed by atoms with Gasteiger partial charge >= 0.3 is 12.0 Å². The summed E-state index contributed by atoms with van der Waals surface area (Å²) in [5, 5.41) is 3.02. The highest BCUT2D eigenvalue weighted by molar-refractivity contribution is 5.95. The minimum Gasteiger partial charge on any atom is -0.463 e. The average Bonchev–Trinajstić information content (AvgIpc) is 3.41. The van der Waals surface area contributed by atoms with Gasteiger partial charge in [-0.25, -0.2) is 9.59 Å². The summed E-state index contributed by atoms with van der Waals surface area (Å²) in [5.41, 5.74) is 3.15. The molecule has 0 radical (unpaired) electrons. The van der Waals surface area contributed by atoms with Crippen LogP contribution in [-0.4, -0.2) is 78.5 Å². The van der Waals surface area contributed by atoms with Crippen molar-refractivity contribution >= 4 is 17.9 Å². The van der Waals surface area contributed by atoms with Gasteiger partial charge in [0.15, 0.2) is 0 Å². The third-order valence-electron chi connectivity index (χ3n) is 8.25. The Morgan fingerprint density at radius 3 is 2.32 bits per heavy atom. The van der Waals surface area contributed by atoms with Crippen molar-refractivity contribution in [2.24, 2.45) is 5.92 Å². The number of ether oxygens (including phenoxy) is 1. The third-order valence-corrected chi connectivity index (χ3v) is 8.25. The zero-order valence-electron chi connectivity index (χ0n) is 23.9. The van der Waals surface area contributed by atoms with Gasteiger partial charge in [-0.2, -0.15) is 0 Å². The van der Waals surface area contributed by atoms with Crippen molar-refractivity contribution in [3.8, 4) is 0 Å². The summed E-state index contributed by atoms with van der Waals surface area (Å²) in [6, 6.07) is 7.33. The normalized spacial score (nSPS) is 23.6. The molecular formula is C30H44N4O4. The Labute approximate surface area is 227 Å². The molecule has 2 aliphatic heterocycles. The second-order valence-corrected chi connectivity index (χ2v) is 12.0. The van der Waals surface area contributed by atoms with Gasteiger partial charge in [-0.1, -0.05) is 57.9 Å². The molecule has 1 saturated carbocycles. The Morgan fingerprint density at radius 1 is 1.08 bits per heavy atom. The molecule has 1 saturated heterocycles. The molecule has 1 aromatic carbocycles. The highest BCUT2D eigenvalue weighted by Gasteiger charge is 2.39. The molecule has 0 aromatic heterocycles. The summed E-state index contributed by atoms with van der Waals surface area (Å²) in [6.07, 6.45) is 4.28. The lowest BCUT2D eigenvalue weighted by molar-refractivity contribution is -0.140. The van der Waals surface area contributed by atoms with Gasteiger partial charge < -0.3 is 15.0 Å². The Kier molecular flexibility index (Phi) is 8.50. The van der Waals surface area contributed by atoms with Gasteiger partial charge in [0.25, 0.3) is 0 Å². The first kappa shape index (κ1) is 28.1. The van der Waals surface area contributed by atoms with Gasteiger partial charge in [0.2, 0.25) is 5.91 Å². The molecule has 8 nitrogen and oxygen atoms in total. The first-order valence-corrected chi connectivity index (χ1v) is 14.1. The smallest absolute Gasteiger partial charge is 0.338 e. The molecule has 0 bridgehead atoms. The molecule has 208 valence electrons. The maximum absolute atomic E-state index is 13.3. The van der Waals surface area contributed by atoms with E-state index in [2.05, 4.69) is 50.0 Å². The number of carbonyl (C=O) groups excluding carboxylic acids is 3. The number of nitrogens with zero attached hydrogens (tertiary/aromatic N) is 3. The predicted molar refractivity (Wildman–Crippen MR) is 147 cm³/mol. The molecule has 3 aliphatic rings. The molecule has 4 rings (SSSR count). The van der Waals surface area contributed by atoms with E-state index in [1.165, 1.54) is 10.5 Å². The summed E-state index contributed by atoms with van der Waals surface area (Å²) >= 11 is 0. The first-order chi connectivity index (χ1) is 18.0. The van der Waals surface area contributed by atoms with Crippen molar-refractivity contribution in [2.75, 3.05) is 39.8 Å². The molecule has 2 heterocycles. The lowest BCUT2D eigenvalue weighted by Gasteiger charge is -2.43. The van der Waals surface area contributed by atoms with E-state index in [0.29, 0.717) is 37.4 Å². The van der Waals surface area contributed by atoms with E-state index in [0.717, 1.165) is 31.2 Å². The van der Waals surface area contributed by atoms with Crippen LogP contribution in [0.3, 0.4) is 0 Å². The molecule has 1 aliphatic carbocycles. The molecular weight excluding hydrogens is 480 g/mol. The van der Waals surface area contributed by atoms with Crippen molar-refractivity contribution < 1.29 is 19.1 Å². The number of piperazine rings is 1. The number of hydrogen-bond acceptors (Lipinski definition) is 5. The van der Waals surface area contributed by atoms with Crippen LogP contribution in [0.1, 0.15) is 77.5 Å². The molecule has 2 fully saturated rings. The van der Waals surface area contributed by atoms with Crippen LogP contribution in [0.15, 0.2) is 35.5 Å². The molecule has 1 aromatic rings. The van der Waals surface area contributed by atoms with E-state index in [1.807, 2.05) is 17.0 Å². The number of amides is 3. The number of esters is 1. The molecule has 0 unspecified atom stereocenters. The van der Waals surface area contributed by atoms with Crippen molar-refractivity contribution in [1.82, 2.24) is 20.0 Å². The van der Waals surface area contributed by atoms with Crippen LogP contribution < -0.4 is 5.32 Å². The molecule has 3 amide bonds. The number of carbonyl (C=O) groups is 3. The Hall–Kier alpha value is -2.87. The van der Waals surface area contributed by atoms with Gasteiger partial charge in [0.1, 0.15) is 0 Å². The molecule has 38 heavy (non-hydrogen) atoms. The van der Waals surface area contributed by atoms with Crippen LogP contribution in [0, 0.1) is 5.92 Å². The van der Waals surface area contributed by atoms with Crippen LogP contribution in [0.2, 0.25) is 0 Å². The second kappa shape index (κ2) is 11.5. The van der Waals surface area contributed by atoms with Crippen molar-refractivity contribution in [3.05, 3.63) is 46.7 Å². The zero-order chi connectivity index (χ0) is 27.6. The van der Waals surface area contributed by atoms with Crippen LogP contribution >= 0.6 is 0 Å². The lowest BCUT2D eigenvalue weighted by Crippen LogP contribution is -2.57. The quantitative estimate of drug-likeness (QED) is 0.564. The van der Waals surface area contributed by atoms with Crippen molar-refractivity contribution in [1.29, 1.82) is 0 Å². The maximum Gasteiger partial charge on any atom is 0.338 e. The average molecular weight is 525 g/mol. The van der Waals surface area contributed by atoms with Gasteiger partial charge in [-0.3, -0.25) is 14.6 Å². The van der Waals surface area contributed by atoms with Crippen LogP contribution in [-0.2, 0) is 19.7 Å². The van der Waals surface area contributed by atoms with Gasteiger partial charge in [-0.05, 0) is 43.2 Å². The van der Waals surface area contributed by atoms with E-state index in [1.54, 1.807) is 14.0 Å². The van der Waals surface area contributed by atoms with E-state index in [-0.39, 0.29) is 35.9 Å². The lowest BCUT2D eigenvalue weighted by atomic mass is 9.85. The molecule has 1 N–H and O–H groups in total. The molecule has 8 heteroatoms. The van der Waals surface area contributed by atoms with Gasteiger partial charge in [-0.15, -0.1) is 0 Å². The summed E-state index contributed by atoms with van der Waals surface area (Å²) in [7, 11) is 1.70. The highest BCUT2D eigenvalue weighted by atomic mass is 16.5. The van der Waals surface area contributed by atoms with Gasteiger partial charge in [0.05, 0.1) is 18.2 Å². The van der Waals surface area contributed by atoms with Crippen LogP contribution in [0.25, 0.3) is 0 Å². The van der Waals surface area contributed by atoms with Crippen molar-refractivity contribution in [2.45, 2.75) is 77.8 Å². The Bertz CT molecular complexity index is 1070. The maximum atomic E-state index is 13.3. The van der Waals surface area contributed by atoms with Crippen LogP contribution in [0.5, 0.6) is 0 Å². The van der Waals surface area contributed by atoms with E-state index >= 15 is 0 Å². The Balaban J connectivity index is 1.60. The van der Waals surface area contributed by atoms with E-state index < -0.39 is 12.0 Å². The van der Waals surface area contributed by atoms with Crippen molar-refractivity contribution in [3.63, 3.8) is 0 Å². The number of benzene rings is 1. The minimum absolute atomic E-state index is 0.00246. The second-order valence-electron chi connectivity index (χ2n) is 12.0. The zero-order valence-corrected chi connectivity index (χ0v) is 23.9. The minimum atomic E-state index is -0.593. The number of likely N-dealkylation sites (N-methyl/N-ethyl adjacent to an activating group) is 1. The summed E-state index contributed by atoms with van der Waals surface area (Å²) in [4.78, 5) is 45.3. The standard InChI is InChI=1S/C30H44N4O4/c1-7-38-28(36)25-24(19-33-16-17-34(20(2)18-33)27(35)22-10-8-9-11-22)32(6)29(37)31-26(25)21-12-14-23(15-13-21)30(3,4)5/h12-15,20,22,26H,7-11,16-19H2,1-6H3,(H,31,37)/t20-,26-/m1/s1. The number of nitrogens with one attached hydrogen (secondary N) is 1. The number of urea groups is 1. The summed E-state index contributed by atoms with van der Waals surface area (Å²) < 4.78 is 5.49. The third kappa shape index (κ3) is 5.90. The summed E-state index contributed by atoms with van der Waals surface area (Å²) in [5.74, 6) is 0.0390.